The van der Waals surface area contributed by atoms with Gasteiger partial charge < -0.3 is 9.76 Å². The number of rotatable bonds is 7. The largest absolute Gasteiger partial charge is 0.427 e. The van der Waals surface area contributed by atoms with Crippen LogP contribution in [0.3, 0.4) is 0 Å². The van der Waals surface area contributed by atoms with E-state index in [2.05, 4.69) is 121 Å². The second kappa shape index (κ2) is 10.1. The van der Waals surface area contributed by atoms with E-state index < -0.39 is 21.2 Å². The molecule has 1 heterocycles. The van der Waals surface area contributed by atoms with Crippen LogP contribution in [-0.4, -0.2) is 23.8 Å². The quantitative estimate of drug-likeness (QED) is 0.205. The Morgan fingerprint density at radius 1 is 0.575 bits per heavy atom. The lowest BCUT2D eigenvalue weighted by Gasteiger charge is -2.39. The zero-order valence-corrected chi connectivity index (χ0v) is 24.3. The van der Waals surface area contributed by atoms with Crippen LogP contribution in [0.2, 0.25) is 0 Å². The molecule has 0 saturated heterocycles. The van der Waals surface area contributed by atoms with Crippen molar-refractivity contribution in [2.75, 3.05) is 0 Å². The van der Waals surface area contributed by atoms with Gasteiger partial charge >= 0.3 is 7.48 Å². The van der Waals surface area contributed by atoms with Crippen molar-refractivity contribution in [2.45, 2.75) is 58.5 Å². The molecule has 0 amide bonds. The van der Waals surface area contributed by atoms with Crippen LogP contribution in [-0.2, 0) is 4.65 Å². The van der Waals surface area contributed by atoms with E-state index in [-0.39, 0.29) is 0 Å². The van der Waals surface area contributed by atoms with Gasteiger partial charge in [0.25, 0.3) is 0 Å². The molecule has 0 bridgehead atoms. The standard InChI is InChI=1S/C36H34BO2S/c1-35(2,38)36(3,4)39-37-32-21-13-11-19-29(32)26-23-24-31-30-20-12-14-22-33(30)40(34(31)25-26,27-15-7-5-8-16-27)28-17-9-6-10-18-28/h5-25,38H,1-4H3. The minimum atomic E-state index is -1.71. The number of hydrogen-bond acceptors (Lipinski definition) is 2. The van der Waals surface area contributed by atoms with Gasteiger partial charge in [-0.15, -0.1) is 10.0 Å². The summed E-state index contributed by atoms with van der Waals surface area (Å²) in [5, 5.41) is 10.6. The highest BCUT2D eigenvalue weighted by molar-refractivity contribution is 8.34. The number of fused-ring (bicyclic) bond motifs is 3. The van der Waals surface area contributed by atoms with Gasteiger partial charge in [-0.1, -0.05) is 91.0 Å². The molecule has 0 atom stereocenters. The zero-order chi connectivity index (χ0) is 28.0. The third-order valence-electron chi connectivity index (χ3n) is 8.24. The van der Waals surface area contributed by atoms with Gasteiger partial charge in [0.2, 0.25) is 0 Å². The first-order valence-corrected chi connectivity index (χ1v) is 15.4. The Kier molecular flexibility index (Phi) is 6.74. The molecule has 6 rings (SSSR count). The molecule has 1 radical (unpaired) electrons. The van der Waals surface area contributed by atoms with Crippen LogP contribution in [0.1, 0.15) is 27.7 Å². The predicted octanol–water partition coefficient (Wildman–Crippen LogP) is 8.49. The van der Waals surface area contributed by atoms with Crippen LogP contribution in [0.25, 0.3) is 22.3 Å². The van der Waals surface area contributed by atoms with E-state index in [1.54, 1.807) is 21.3 Å². The molecule has 4 heteroatoms. The number of aliphatic hydroxyl groups is 1. The Labute approximate surface area is 240 Å². The summed E-state index contributed by atoms with van der Waals surface area (Å²) < 4.78 is 6.20. The Morgan fingerprint density at radius 3 is 1.73 bits per heavy atom. The van der Waals surface area contributed by atoms with Crippen molar-refractivity contribution in [2.24, 2.45) is 0 Å². The highest BCUT2D eigenvalue weighted by Gasteiger charge is 2.42. The van der Waals surface area contributed by atoms with Crippen molar-refractivity contribution in [1.82, 2.24) is 0 Å². The normalized spacial score (nSPS) is 14.7. The Balaban J connectivity index is 1.55. The summed E-state index contributed by atoms with van der Waals surface area (Å²) in [4.78, 5) is 5.41. The molecule has 0 fully saturated rings. The second-order valence-corrected chi connectivity index (χ2v) is 14.4. The molecule has 0 saturated carbocycles. The summed E-state index contributed by atoms with van der Waals surface area (Å²) in [5.74, 6) is 0. The molecule has 1 aliphatic heterocycles. The average Bonchev–Trinajstić information content (AvgIpc) is 3.27. The molecule has 0 aliphatic carbocycles. The highest BCUT2D eigenvalue weighted by Crippen LogP contribution is 2.80. The van der Waals surface area contributed by atoms with Gasteiger partial charge in [-0.3, -0.25) is 0 Å². The van der Waals surface area contributed by atoms with E-state index in [1.165, 1.54) is 30.7 Å². The molecule has 1 N–H and O–H groups in total. The van der Waals surface area contributed by atoms with Crippen LogP contribution in [0.4, 0.5) is 0 Å². The summed E-state index contributed by atoms with van der Waals surface area (Å²) in [6.45, 7) is 7.38. The molecule has 1 aliphatic rings. The van der Waals surface area contributed by atoms with Crippen LogP contribution >= 0.6 is 10.0 Å². The van der Waals surface area contributed by atoms with Crippen molar-refractivity contribution in [3.05, 3.63) is 127 Å². The van der Waals surface area contributed by atoms with Crippen molar-refractivity contribution >= 4 is 23.0 Å². The van der Waals surface area contributed by atoms with Gasteiger partial charge in [0, 0.05) is 19.6 Å². The highest BCUT2D eigenvalue weighted by atomic mass is 32.3. The van der Waals surface area contributed by atoms with Crippen LogP contribution in [0, 0.1) is 0 Å². The lowest BCUT2D eigenvalue weighted by atomic mass is 9.79. The van der Waals surface area contributed by atoms with E-state index in [1.807, 2.05) is 19.9 Å². The molecule has 0 aromatic heterocycles. The van der Waals surface area contributed by atoms with Crippen LogP contribution in [0.5, 0.6) is 0 Å². The third kappa shape index (κ3) is 4.32. The Hall–Kier alpha value is -3.57. The summed E-state index contributed by atoms with van der Waals surface area (Å²) in [7, 11) is 0.0855. The maximum absolute atomic E-state index is 10.6. The van der Waals surface area contributed by atoms with Gasteiger partial charge in [-0.05, 0) is 91.8 Å². The minimum absolute atomic E-state index is 0.750. The number of benzene rings is 5. The van der Waals surface area contributed by atoms with E-state index in [0.29, 0.717) is 0 Å². The molecular weight excluding hydrogens is 507 g/mol. The van der Waals surface area contributed by atoms with Crippen LogP contribution in [0.15, 0.2) is 147 Å². The fourth-order valence-electron chi connectivity index (χ4n) is 5.35. The summed E-state index contributed by atoms with van der Waals surface area (Å²) >= 11 is 0. The first-order chi connectivity index (χ1) is 19.2. The summed E-state index contributed by atoms with van der Waals surface area (Å²) in [5.41, 5.74) is 4.08. The van der Waals surface area contributed by atoms with Gasteiger partial charge in [-0.2, -0.15) is 0 Å². The van der Waals surface area contributed by atoms with E-state index in [4.69, 9.17) is 4.65 Å². The predicted molar refractivity (Wildman–Crippen MR) is 168 cm³/mol. The lowest BCUT2D eigenvalue weighted by molar-refractivity contribution is -0.0893. The monoisotopic (exact) mass is 541 g/mol. The molecule has 199 valence electrons. The first kappa shape index (κ1) is 26.6. The minimum Gasteiger partial charge on any atom is -0.427 e. The molecule has 0 spiro atoms. The zero-order valence-electron chi connectivity index (χ0n) is 23.5. The molecular formula is C36H34BO2S. The Bertz CT molecular complexity index is 1620. The number of hydrogen-bond donors (Lipinski definition) is 1. The summed E-state index contributed by atoms with van der Waals surface area (Å²) in [6, 6.07) is 46.1. The van der Waals surface area contributed by atoms with Gasteiger partial charge in [0.15, 0.2) is 0 Å². The van der Waals surface area contributed by atoms with Gasteiger partial charge in [-0.25, -0.2) is 0 Å². The maximum atomic E-state index is 10.6. The third-order valence-corrected chi connectivity index (χ3v) is 12.2. The molecule has 2 nitrogen and oxygen atoms in total. The fraction of sp³-hybridized carbons (Fsp3) is 0.167. The molecule has 5 aromatic carbocycles. The fourth-order valence-corrected chi connectivity index (χ4v) is 9.61. The van der Waals surface area contributed by atoms with Crippen LogP contribution < -0.4 is 5.46 Å². The van der Waals surface area contributed by atoms with E-state index in [9.17, 15) is 5.11 Å². The Morgan fingerprint density at radius 2 is 1.10 bits per heavy atom. The van der Waals surface area contributed by atoms with E-state index >= 15 is 0 Å². The SMILES string of the molecule is CC(C)(O)C(C)(C)O[B]c1ccccc1-c1ccc2c(c1)S(c1ccccc1)(c1ccccc1)c1ccccc1-2. The van der Waals surface area contributed by atoms with Crippen molar-refractivity contribution < 1.29 is 9.76 Å². The maximum Gasteiger partial charge on any atom is 0.331 e. The molecule has 5 aromatic rings. The van der Waals surface area contributed by atoms with Gasteiger partial charge in [0.1, 0.15) is 0 Å². The van der Waals surface area contributed by atoms with Crippen molar-refractivity contribution in [3.8, 4) is 22.3 Å². The van der Waals surface area contributed by atoms with Crippen molar-refractivity contribution in [3.63, 3.8) is 0 Å². The van der Waals surface area contributed by atoms with E-state index in [0.717, 1.165) is 16.6 Å². The van der Waals surface area contributed by atoms with Crippen molar-refractivity contribution in [1.29, 1.82) is 0 Å². The lowest BCUT2D eigenvalue weighted by Crippen LogP contribution is -2.49. The average molecular weight is 542 g/mol. The molecule has 40 heavy (non-hydrogen) atoms. The topological polar surface area (TPSA) is 29.5 Å². The molecule has 0 unspecified atom stereocenters. The first-order valence-electron chi connectivity index (χ1n) is 13.7. The van der Waals surface area contributed by atoms with Gasteiger partial charge in [0.05, 0.1) is 11.2 Å². The second-order valence-electron chi connectivity index (χ2n) is 11.3. The smallest absolute Gasteiger partial charge is 0.331 e. The summed E-state index contributed by atoms with van der Waals surface area (Å²) in [6.07, 6.45) is 0.